The monoisotopic (exact) mass is 285 g/mol. The summed E-state index contributed by atoms with van der Waals surface area (Å²) in [6, 6.07) is 6.10. The fourth-order valence-electron chi connectivity index (χ4n) is 3.71. The largest absolute Gasteiger partial charge is 0.386 e. The summed E-state index contributed by atoms with van der Waals surface area (Å²) in [6.07, 6.45) is 0. The molecule has 21 heavy (non-hydrogen) atoms. The van der Waals surface area contributed by atoms with Crippen molar-refractivity contribution in [1.82, 2.24) is 0 Å². The highest BCUT2D eigenvalue weighted by atomic mass is 16.3. The fraction of sp³-hybridized carbons (Fsp3) is 0.667. The van der Waals surface area contributed by atoms with Gasteiger partial charge in [0.25, 0.3) is 0 Å². The third kappa shape index (κ3) is 2.21. The maximum atomic E-state index is 10.6. The van der Waals surface area contributed by atoms with Gasteiger partial charge in [-0.05, 0) is 59.3 Å². The number of hydrogen-bond donors (Lipinski definition) is 1. The summed E-state index contributed by atoms with van der Waals surface area (Å²) in [6.45, 7) is 16.7. The lowest BCUT2D eigenvalue weighted by Crippen LogP contribution is -2.59. The van der Waals surface area contributed by atoms with Gasteiger partial charge in [-0.2, -0.15) is 0 Å². The predicted octanol–water partition coefficient (Wildman–Crippen LogP) is 3.69. The Morgan fingerprint density at radius 2 is 1.57 bits per heavy atom. The Kier molecular flexibility index (Phi) is 3.35. The van der Waals surface area contributed by atoms with Crippen LogP contribution in [0.3, 0.4) is 0 Å². The van der Waals surface area contributed by atoms with Crippen LogP contribution >= 0.6 is 0 Å². The first-order valence-electron chi connectivity index (χ1n) is 7.68. The molecule has 2 rings (SSSR count). The van der Waals surface area contributed by atoms with Gasteiger partial charge in [0.05, 0.1) is 13.4 Å². The van der Waals surface area contributed by atoms with Crippen LogP contribution in [0.5, 0.6) is 0 Å². The molecule has 0 aliphatic carbocycles. The molecule has 0 bridgehead atoms. The van der Waals surface area contributed by atoms with Crippen LogP contribution in [0.25, 0.3) is 0 Å². The molecular formula is C18H28BNO. The topological polar surface area (TPSA) is 23.5 Å². The van der Waals surface area contributed by atoms with Crippen molar-refractivity contribution in [2.75, 3.05) is 4.90 Å². The minimum Gasteiger partial charge on any atom is -0.386 e. The number of rotatable bonds is 1. The lowest BCUT2D eigenvalue weighted by Gasteiger charge is -2.50. The summed E-state index contributed by atoms with van der Waals surface area (Å²) >= 11 is 0. The van der Waals surface area contributed by atoms with E-state index in [1.54, 1.807) is 0 Å². The first kappa shape index (κ1) is 16.4. The molecule has 1 atom stereocenters. The molecular weight excluding hydrogens is 257 g/mol. The van der Waals surface area contributed by atoms with E-state index >= 15 is 0 Å². The van der Waals surface area contributed by atoms with Crippen LogP contribution in [-0.2, 0) is 10.9 Å². The Bertz CT molecular complexity index is 562. The van der Waals surface area contributed by atoms with Crippen LogP contribution in [0, 0.1) is 0 Å². The zero-order valence-corrected chi connectivity index (χ0v) is 14.7. The van der Waals surface area contributed by atoms with Gasteiger partial charge in [0.15, 0.2) is 0 Å². The van der Waals surface area contributed by atoms with Crippen molar-refractivity contribution in [3.05, 3.63) is 29.3 Å². The number of para-hydroxylation sites is 1. The normalized spacial score (nSPS) is 25.1. The quantitative estimate of drug-likeness (QED) is 0.795. The van der Waals surface area contributed by atoms with Crippen LogP contribution < -0.4 is 4.90 Å². The number of aliphatic hydroxyl groups is 1. The number of nitrogens with zero attached hydrogens (tertiary/aromatic N) is 1. The third-order valence-corrected chi connectivity index (χ3v) is 4.98. The van der Waals surface area contributed by atoms with Gasteiger partial charge in [-0.15, -0.1) is 0 Å². The third-order valence-electron chi connectivity index (χ3n) is 4.98. The van der Waals surface area contributed by atoms with Gasteiger partial charge < -0.3 is 10.0 Å². The molecule has 2 nitrogen and oxygen atoms in total. The maximum Gasteiger partial charge on any atom is 0.0860 e. The summed E-state index contributed by atoms with van der Waals surface area (Å²) in [4.78, 5) is 2.38. The average Bonchev–Trinajstić information content (AvgIpc) is 2.40. The summed E-state index contributed by atoms with van der Waals surface area (Å²) in [5, 5.41) is 10.1. The molecule has 0 saturated heterocycles. The zero-order valence-electron chi connectivity index (χ0n) is 14.7. The Labute approximate surface area is 131 Å². The van der Waals surface area contributed by atoms with E-state index in [9.17, 15) is 5.11 Å². The van der Waals surface area contributed by atoms with Crippen molar-refractivity contribution in [2.24, 2.45) is 0 Å². The second-order valence-electron chi connectivity index (χ2n) is 8.53. The average molecular weight is 285 g/mol. The number of anilines is 1. The molecule has 1 heterocycles. The minimum absolute atomic E-state index is 0.0866. The summed E-state index contributed by atoms with van der Waals surface area (Å²) in [5.74, 6) is 0. The Balaban J connectivity index is 2.86. The molecule has 2 radical (unpaired) electrons. The van der Waals surface area contributed by atoms with Crippen LogP contribution in [0.15, 0.2) is 18.2 Å². The van der Waals surface area contributed by atoms with E-state index in [-0.39, 0.29) is 11.1 Å². The van der Waals surface area contributed by atoms with Crippen LogP contribution in [-0.4, -0.2) is 24.0 Å². The van der Waals surface area contributed by atoms with E-state index in [0.717, 1.165) is 16.8 Å². The molecule has 1 unspecified atom stereocenters. The van der Waals surface area contributed by atoms with Gasteiger partial charge in [-0.3, -0.25) is 0 Å². The molecule has 0 saturated carbocycles. The van der Waals surface area contributed by atoms with E-state index < -0.39 is 10.9 Å². The highest BCUT2D eigenvalue weighted by Crippen LogP contribution is 2.55. The molecule has 1 aromatic carbocycles. The molecule has 0 amide bonds. The van der Waals surface area contributed by atoms with Crippen molar-refractivity contribution in [1.29, 1.82) is 0 Å². The van der Waals surface area contributed by atoms with Crippen molar-refractivity contribution >= 4 is 13.5 Å². The molecule has 0 aromatic heterocycles. The van der Waals surface area contributed by atoms with Crippen molar-refractivity contribution in [3.63, 3.8) is 0 Å². The lowest BCUT2D eigenvalue weighted by molar-refractivity contribution is 0.0788. The van der Waals surface area contributed by atoms with Crippen molar-refractivity contribution in [2.45, 2.75) is 77.4 Å². The fourth-order valence-corrected chi connectivity index (χ4v) is 3.71. The Hall–Kier alpha value is -0.955. The van der Waals surface area contributed by atoms with Crippen LogP contribution in [0.1, 0.15) is 66.5 Å². The lowest BCUT2D eigenvalue weighted by atomic mass is 9.57. The number of hydrogen-bond acceptors (Lipinski definition) is 2. The number of fused-ring (bicyclic) bond motifs is 1. The molecule has 3 heteroatoms. The summed E-state index contributed by atoms with van der Waals surface area (Å²) in [7, 11) is 6.74. The SMILES string of the molecule is [B]C1(C)c2cccc(C(C)(C)O)c2N(C(C)(C)C)C1(C)C. The highest BCUT2D eigenvalue weighted by molar-refractivity contribution is 6.19. The molecule has 1 aliphatic rings. The minimum atomic E-state index is -0.897. The summed E-state index contributed by atoms with van der Waals surface area (Å²) < 4.78 is 0. The molecule has 0 spiro atoms. The first-order valence-corrected chi connectivity index (χ1v) is 7.68. The maximum absolute atomic E-state index is 10.6. The molecule has 1 N–H and O–H groups in total. The van der Waals surface area contributed by atoms with E-state index in [1.807, 2.05) is 26.0 Å². The van der Waals surface area contributed by atoms with E-state index in [1.165, 1.54) is 0 Å². The van der Waals surface area contributed by atoms with E-state index in [4.69, 9.17) is 7.85 Å². The first-order chi connectivity index (χ1) is 9.22. The van der Waals surface area contributed by atoms with Crippen LogP contribution in [0.2, 0.25) is 0 Å². The zero-order chi connectivity index (χ0) is 16.4. The van der Waals surface area contributed by atoms with Crippen molar-refractivity contribution < 1.29 is 5.11 Å². The van der Waals surface area contributed by atoms with Crippen LogP contribution in [0.4, 0.5) is 5.69 Å². The van der Waals surface area contributed by atoms with Gasteiger partial charge in [0.1, 0.15) is 0 Å². The van der Waals surface area contributed by atoms with Gasteiger partial charge in [-0.1, -0.05) is 25.1 Å². The molecule has 1 aromatic rings. The standard InChI is InChI=1S/C18H28BNO/c1-15(2,3)20-14-12(16(4,5)21)10-9-11-13(14)18(8,19)17(20,6)7/h9-11,21H,1-8H3. The van der Waals surface area contributed by atoms with Gasteiger partial charge in [-0.25, -0.2) is 0 Å². The van der Waals surface area contributed by atoms with Gasteiger partial charge in [0.2, 0.25) is 0 Å². The van der Waals surface area contributed by atoms with Gasteiger partial charge >= 0.3 is 0 Å². The second kappa shape index (κ2) is 4.28. The van der Waals surface area contributed by atoms with Crippen molar-refractivity contribution in [3.8, 4) is 0 Å². The second-order valence-corrected chi connectivity index (χ2v) is 8.53. The smallest absolute Gasteiger partial charge is 0.0860 e. The summed E-state index contributed by atoms with van der Waals surface area (Å²) in [5.41, 5.74) is 1.92. The Morgan fingerprint density at radius 1 is 1.05 bits per heavy atom. The predicted molar refractivity (Wildman–Crippen MR) is 91.1 cm³/mol. The van der Waals surface area contributed by atoms with Gasteiger partial charge in [0, 0.05) is 22.3 Å². The molecule has 0 fully saturated rings. The number of benzene rings is 1. The van der Waals surface area contributed by atoms with E-state index in [0.29, 0.717) is 0 Å². The Morgan fingerprint density at radius 3 is 2.00 bits per heavy atom. The molecule has 114 valence electrons. The highest BCUT2D eigenvalue weighted by Gasteiger charge is 2.54. The van der Waals surface area contributed by atoms with E-state index in [2.05, 4.69) is 52.5 Å². The molecule has 1 aliphatic heterocycles.